The molecule has 2 rings (SSSR count). The van der Waals surface area contributed by atoms with Crippen molar-refractivity contribution in [3.63, 3.8) is 0 Å². The van der Waals surface area contributed by atoms with E-state index in [1.54, 1.807) is 13.4 Å². The summed E-state index contributed by atoms with van der Waals surface area (Å²) in [6, 6.07) is 0.599. The van der Waals surface area contributed by atoms with Crippen LogP contribution in [0.25, 0.3) is 0 Å². The smallest absolute Gasteiger partial charge is 0.137 e. The summed E-state index contributed by atoms with van der Waals surface area (Å²) in [5, 5.41) is 0.570. The van der Waals surface area contributed by atoms with Crippen molar-refractivity contribution in [2.45, 2.75) is 32.2 Å². The number of ether oxygens (including phenoxy) is 1. The SMILES string of the molecule is CCc1c(Cl)ncnc1N(CCOC)C1CC1. The standard InChI is InChI=1S/C12H18ClN3O/c1-3-10-11(13)14-8-15-12(10)16(6-7-17-2)9-4-5-9/h8-9H,3-7H2,1-2H3. The molecule has 0 bridgehead atoms. The molecule has 1 aromatic rings. The minimum absolute atomic E-state index is 0.570. The van der Waals surface area contributed by atoms with Gasteiger partial charge in [0.15, 0.2) is 0 Å². The van der Waals surface area contributed by atoms with Crippen molar-refractivity contribution >= 4 is 17.4 Å². The molecule has 1 aliphatic rings. The van der Waals surface area contributed by atoms with Crippen molar-refractivity contribution in [1.82, 2.24) is 9.97 Å². The first-order valence-corrected chi connectivity index (χ1v) is 6.40. The molecule has 4 nitrogen and oxygen atoms in total. The van der Waals surface area contributed by atoms with Crippen LogP contribution in [0.5, 0.6) is 0 Å². The van der Waals surface area contributed by atoms with E-state index >= 15 is 0 Å². The van der Waals surface area contributed by atoms with E-state index in [2.05, 4.69) is 21.8 Å². The van der Waals surface area contributed by atoms with E-state index in [0.717, 1.165) is 24.3 Å². The van der Waals surface area contributed by atoms with Crippen molar-refractivity contribution < 1.29 is 4.74 Å². The first-order chi connectivity index (χ1) is 8.27. The zero-order chi connectivity index (χ0) is 12.3. The lowest BCUT2D eigenvalue weighted by atomic mass is 10.2. The second-order valence-corrected chi connectivity index (χ2v) is 4.60. The van der Waals surface area contributed by atoms with Crippen molar-refractivity contribution in [2.75, 3.05) is 25.2 Å². The van der Waals surface area contributed by atoms with Gasteiger partial charge >= 0.3 is 0 Å². The number of nitrogens with zero attached hydrogens (tertiary/aromatic N) is 3. The van der Waals surface area contributed by atoms with Gasteiger partial charge in [-0.3, -0.25) is 0 Å². The molecule has 0 unspecified atom stereocenters. The van der Waals surface area contributed by atoms with Gasteiger partial charge in [-0.05, 0) is 19.3 Å². The van der Waals surface area contributed by atoms with Crippen molar-refractivity contribution in [3.05, 3.63) is 17.0 Å². The molecule has 0 saturated heterocycles. The summed E-state index contributed by atoms with van der Waals surface area (Å²) in [4.78, 5) is 10.8. The molecule has 0 amide bonds. The molecule has 0 atom stereocenters. The zero-order valence-corrected chi connectivity index (χ0v) is 11.1. The average molecular weight is 256 g/mol. The predicted octanol–water partition coefficient (Wildman–Crippen LogP) is 2.31. The van der Waals surface area contributed by atoms with Crippen LogP contribution in [0.1, 0.15) is 25.3 Å². The molecule has 0 N–H and O–H groups in total. The molecule has 1 saturated carbocycles. The van der Waals surface area contributed by atoms with Gasteiger partial charge in [0.05, 0.1) is 6.61 Å². The highest BCUT2D eigenvalue weighted by Crippen LogP contribution is 2.33. The van der Waals surface area contributed by atoms with Crippen LogP contribution in [0.2, 0.25) is 5.15 Å². The molecule has 17 heavy (non-hydrogen) atoms. The normalized spacial score (nSPS) is 15.0. The molecule has 0 aromatic carbocycles. The summed E-state index contributed by atoms with van der Waals surface area (Å²) in [5.41, 5.74) is 1.04. The quantitative estimate of drug-likeness (QED) is 0.732. The molecule has 94 valence electrons. The van der Waals surface area contributed by atoms with Gasteiger partial charge in [0.1, 0.15) is 17.3 Å². The van der Waals surface area contributed by atoms with Gasteiger partial charge in [0.25, 0.3) is 0 Å². The summed E-state index contributed by atoms with van der Waals surface area (Å²) in [6.07, 6.45) is 4.85. The van der Waals surface area contributed by atoms with Gasteiger partial charge in [0.2, 0.25) is 0 Å². The van der Waals surface area contributed by atoms with E-state index in [1.165, 1.54) is 12.8 Å². The first-order valence-electron chi connectivity index (χ1n) is 6.02. The number of hydrogen-bond acceptors (Lipinski definition) is 4. The first kappa shape index (κ1) is 12.6. The maximum Gasteiger partial charge on any atom is 0.137 e. The summed E-state index contributed by atoms with van der Waals surface area (Å²) >= 11 is 6.12. The van der Waals surface area contributed by atoms with E-state index < -0.39 is 0 Å². The number of aromatic nitrogens is 2. The number of hydrogen-bond donors (Lipinski definition) is 0. The van der Waals surface area contributed by atoms with Gasteiger partial charge in [-0.1, -0.05) is 18.5 Å². The van der Waals surface area contributed by atoms with E-state index in [1.807, 2.05) is 0 Å². The average Bonchev–Trinajstić information content (AvgIpc) is 3.14. The lowest BCUT2D eigenvalue weighted by Crippen LogP contribution is -2.31. The summed E-state index contributed by atoms with van der Waals surface area (Å²) in [6.45, 7) is 3.65. The van der Waals surface area contributed by atoms with Crippen LogP contribution in [0.3, 0.4) is 0 Å². The van der Waals surface area contributed by atoms with Crippen LogP contribution >= 0.6 is 11.6 Å². The Morgan fingerprint density at radius 1 is 1.47 bits per heavy atom. The van der Waals surface area contributed by atoms with Gasteiger partial charge in [0, 0.05) is 25.3 Å². The van der Waals surface area contributed by atoms with Crippen LogP contribution in [0.15, 0.2) is 6.33 Å². The van der Waals surface area contributed by atoms with Gasteiger partial charge in [-0.15, -0.1) is 0 Å². The lowest BCUT2D eigenvalue weighted by molar-refractivity contribution is 0.204. The highest BCUT2D eigenvalue weighted by molar-refractivity contribution is 6.30. The Kier molecular flexibility index (Phi) is 4.18. The largest absolute Gasteiger partial charge is 0.383 e. The Morgan fingerprint density at radius 2 is 2.24 bits per heavy atom. The van der Waals surface area contributed by atoms with E-state index in [9.17, 15) is 0 Å². The Morgan fingerprint density at radius 3 is 2.82 bits per heavy atom. The Labute approximate surface area is 107 Å². The van der Waals surface area contributed by atoms with Crippen LogP contribution in [-0.2, 0) is 11.2 Å². The topological polar surface area (TPSA) is 38.2 Å². The Balaban J connectivity index is 2.25. The molecular formula is C12H18ClN3O. The second kappa shape index (κ2) is 5.65. The molecule has 0 spiro atoms. The van der Waals surface area contributed by atoms with Crippen molar-refractivity contribution in [1.29, 1.82) is 0 Å². The molecule has 5 heteroatoms. The third-order valence-electron chi connectivity index (χ3n) is 3.02. The fourth-order valence-corrected chi connectivity index (χ4v) is 2.23. The van der Waals surface area contributed by atoms with Crippen molar-refractivity contribution in [3.8, 4) is 0 Å². The molecule has 1 fully saturated rings. The highest BCUT2D eigenvalue weighted by atomic mass is 35.5. The summed E-state index contributed by atoms with van der Waals surface area (Å²) in [7, 11) is 1.72. The van der Waals surface area contributed by atoms with Gasteiger partial charge < -0.3 is 9.64 Å². The van der Waals surface area contributed by atoms with Crippen LogP contribution in [-0.4, -0.2) is 36.3 Å². The van der Waals surface area contributed by atoms with Crippen LogP contribution < -0.4 is 4.90 Å². The zero-order valence-electron chi connectivity index (χ0n) is 10.3. The number of rotatable bonds is 6. The number of methoxy groups -OCH3 is 1. The van der Waals surface area contributed by atoms with E-state index in [-0.39, 0.29) is 0 Å². The fraction of sp³-hybridized carbons (Fsp3) is 0.667. The molecule has 0 radical (unpaired) electrons. The molecule has 1 heterocycles. The van der Waals surface area contributed by atoms with Gasteiger partial charge in [-0.2, -0.15) is 0 Å². The molecule has 1 aromatic heterocycles. The van der Waals surface area contributed by atoms with E-state index in [4.69, 9.17) is 16.3 Å². The molecule has 0 aliphatic heterocycles. The minimum atomic E-state index is 0.570. The van der Waals surface area contributed by atoms with Gasteiger partial charge in [-0.25, -0.2) is 9.97 Å². The summed E-state index contributed by atoms with van der Waals surface area (Å²) in [5.74, 6) is 0.979. The predicted molar refractivity (Wildman–Crippen MR) is 68.7 cm³/mol. The third-order valence-corrected chi connectivity index (χ3v) is 3.35. The lowest BCUT2D eigenvalue weighted by Gasteiger charge is -2.25. The molecule has 1 aliphatic carbocycles. The Bertz CT molecular complexity index is 382. The monoisotopic (exact) mass is 255 g/mol. The van der Waals surface area contributed by atoms with Crippen LogP contribution in [0.4, 0.5) is 5.82 Å². The second-order valence-electron chi connectivity index (χ2n) is 4.24. The maximum absolute atomic E-state index is 6.12. The Hall–Kier alpha value is -0.870. The minimum Gasteiger partial charge on any atom is -0.383 e. The third kappa shape index (κ3) is 2.87. The number of anilines is 1. The summed E-state index contributed by atoms with van der Waals surface area (Å²) < 4.78 is 5.16. The van der Waals surface area contributed by atoms with E-state index in [0.29, 0.717) is 17.8 Å². The molecular weight excluding hydrogens is 238 g/mol. The van der Waals surface area contributed by atoms with Crippen molar-refractivity contribution in [2.24, 2.45) is 0 Å². The highest BCUT2D eigenvalue weighted by Gasteiger charge is 2.31. The fourth-order valence-electron chi connectivity index (χ4n) is 1.97. The maximum atomic E-state index is 6.12. The van der Waals surface area contributed by atoms with Crippen LogP contribution in [0, 0.1) is 0 Å². The number of halogens is 1.